The van der Waals surface area contributed by atoms with Gasteiger partial charge in [0.1, 0.15) is 0 Å². The van der Waals surface area contributed by atoms with E-state index in [1.165, 1.54) is 11.1 Å². The molecule has 1 heterocycles. The van der Waals surface area contributed by atoms with Crippen LogP contribution in [0.5, 0.6) is 0 Å². The van der Waals surface area contributed by atoms with Crippen LogP contribution >= 0.6 is 0 Å². The van der Waals surface area contributed by atoms with Crippen molar-refractivity contribution in [2.24, 2.45) is 0 Å². The molecule has 3 rings (SSSR count). The molecule has 1 aliphatic heterocycles. The van der Waals surface area contributed by atoms with E-state index in [0.717, 1.165) is 51.7 Å². The van der Waals surface area contributed by atoms with E-state index in [-0.39, 0.29) is 6.04 Å². The zero-order chi connectivity index (χ0) is 17.6. The smallest absolute Gasteiger partial charge is 0.313 e. The summed E-state index contributed by atoms with van der Waals surface area (Å²) >= 11 is 0. The van der Waals surface area contributed by atoms with Crippen molar-refractivity contribution in [3.63, 3.8) is 0 Å². The summed E-state index contributed by atoms with van der Waals surface area (Å²) in [6, 6.07) is 5.93. The lowest BCUT2D eigenvalue weighted by Crippen LogP contribution is -2.50. The van der Waals surface area contributed by atoms with Gasteiger partial charge in [-0.15, -0.1) is 0 Å². The Balaban J connectivity index is 1.49. The van der Waals surface area contributed by atoms with E-state index in [1.54, 1.807) is 7.11 Å². The monoisotopic (exact) mass is 345 g/mol. The molecule has 1 aromatic rings. The van der Waals surface area contributed by atoms with Gasteiger partial charge < -0.3 is 15.4 Å². The van der Waals surface area contributed by atoms with Crippen molar-refractivity contribution in [1.29, 1.82) is 0 Å². The highest BCUT2D eigenvalue weighted by Gasteiger charge is 2.24. The van der Waals surface area contributed by atoms with Crippen LogP contribution in [0, 0.1) is 0 Å². The molecule has 6 heteroatoms. The summed E-state index contributed by atoms with van der Waals surface area (Å²) in [5.74, 6) is -1.15. The highest BCUT2D eigenvalue weighted by atomic mass is 16.5. The molecule has 0 unspecified atom stereocenters. The Bertz CT molecular complexity index is 632. The summed E-state index contributed by atoms with van der Waals surface area (Å²) in [6.45, 7) is 3.31. The molecular formula is C19H27N3O3. The molecule has 2 aliphatic rings. The fourth-order valence-corrected chi connectivity index (χ4v) is 3.69. The number of fused-ring (bicyclic) bond motifs is 1. The van der Waals surface area contributed by atoms with Gasteiger partial charge in [-0.3, -0.25) is 14.5 Å². The fourth-order valence-electron chi connectivity index (χ4n) is 3.69. The van der Waals surface area contributed by atoms with Gasteiger partial charge in [-0.1, -0.05) is 6.07 Å². The van der Waals surface area contributed by atoms with Crippen LogP contribution in [0.1, 0.15) is 30.4 Å². The quantitative estimate of drug-likeness (QED) is 0.790. The number of likely N-dealkylation sites (tertiary alicyclic amines) is 1. The molecule has 0 spiro atoms. The predicted octanol–water partition coefficient (Wildman–Crippen LogP) is 1.34. The number of benzene rings is 1. The lowest BCUT2D eigenvalue weighted by Gasteiger charge is -2.32. The summed E-state index contributed by atoms with van der Waals surface area (Å²) in [5, 5.41) is 5.59. The fraction of sp³-hybridized carbons (Fsp3) is 0.579. The Morgan fingerprint density at radius 2 is 2.04 bits per heavy atom. The summed E-state index contributed by atoms with van der Waals surface area (Å²) in [4.78, 5) is 26.6. The third kappa shape index (κ3) is 4.80. The maximum atomic E-state index is 12.2. The van der Waals surface area contributed by atoms with Crippen LogP contribution in [0.4, 0.5) is 5.69 Å². The molecule has 2 amide bonds. The van der Waals surface area contributed by atoms with E-state index in [0.29, 0.717) is 12.3 Å². The summed E-state index contributed by atoms with van der Waals surface area (Å²) in [7, 11) is 1.69. The Kier molecular flexibility index (Phi) is 6.04. The largest absolute Gasteiger partial charge is 0.383 e. The number of hydrogen-bond acceptors (Lipinski definition) is 4. The van der Waals surface area contributed by atoms with Crippen molar-refractivity contribution in [2.45, 2.75) is 38.1 Å². The first kappa shape index (κ1) is 17.9. The van der Waals surface area contributed by atoms with Gasteiger partial charge in [0.2, 0.25) is 0 Å². The molecule has 1 aromatic carbocycles. The van der Waals surface area contributed by atoms with Crippen molar-refractivity contribution in [2.75, 3.05) is 38.7 Å². The lowest BCUT2D eigenvalue weighted by atomic mass is 10.1. The van der Waals surface area contributed by atoms with Crippen molar-refractivity contribution >= 4 is 17.5 Å². The van der Waals surface area contributed by atoms with Crippen LogP contribution in [0.3, 0.4) is 0 Å². The maximum absolute atomic E-state index is 12.2. The second-order valence-electron chi connectivity index (χ2n) is 6.90. The number of piperidine rings is 1. The molecule has 6 nitrogen and oxygen atoms in total. The molecule has 0 saturated carbocycles. The maximum Gasteiger partial charge on any atom is 0.313 e. The van der Waals surface area contributed by atoms with Crippen molar-refractivity contribution in [3.05, 3.63) is 29.3 Å². The Labute approximate surface area is 148 Å². The standard InChI is InChI=1S/C19H27N3O3/c1-25-11-10-22-9-3-6-17(13-22)21-19(24)18(23)20-16-8-7-14-4-2-5-15(14)12-16/h7-8,12,17H,2-6,9-11,13H2,1H3,(H,20,23)(H,21,24)/t17-/m0/s1. The summed E-state index contributed by atoms with van der Waals surface area (Å²) < 4.78 is 5.10. The molecule has 2 N–H and O–H groups in total. The van der Waals surface area contributed by atoms with Gasteiger partial charge in [-0.2, -0.15) is 0 Å². The van der Waals surface area contributed by atoms with Crippen LogP contribution in [0.2, 0.25) is 0 Å². The summed E-state index contributed by atoms with van der Waals surface area (Å²) in [6.07, 6.45) is 5.23. The van der Waals surface area contributed by atoms with Gasteiger partial charge in [0.25, 0.3) is 0 Å². The third-order valence-electron chi connectivity index (χ3n) is 5.01. The number of amides is 2. The Hall–Kier alpha value is -1.92. The third-order valence-corrected chi connectivity index (χ3v) is 5.01. The normalized spacial score (nSPS) is 20.1. The molecule has 1 aliphatic carbocycles. The highest BCUT2D eigenvalue weighted by Crippen LogP contribution is 2.24. The highest BCUT2D eigenvalue weighted by molar-refractivity contribution is 6.39. The molecule has 25 heavy (non-hydrogen) atoms. The van der Waals surface area contributed by atoms with E-state index >= 15 is 0 Å². The van der Waals surface area contributed by atoms with Crippen molar-refractivity contribution in [3.8, 4) is 0 Å². The van der Waals surface area contributed by atoms with Crippen LogP contribution in [-0.2, 0) is 27.2 Å². The van der Waals surface area contributed by atoms with E-state index in [4.69, 9.17) is 4.74 Å². The molecule has 0 bridgehead atoms. The SMILES string of the molecule is COCCN1CCC[C@H](NC(=O)C(=O)Nc2ccc3c(c2)CCC3)C1. The van der Waals surface area contributed by atoms with E-state index in [2.05, 4.69) is 15.5 Å². The van der Waals surface area contributed by atoms with Crippen LogP contribution in [0.15, 0.2) is 18.2 Å². The average molecular weight is 345 g/mol. The second-order valence-corrected chi connectivity index (χ2v) is 6.90. The average Bonchev–Trinajstić information content (AvgIpc) is 3.08. The van der Waals surface area contributed by atoms with Crippen LogP contribution in [0.25, 0.3) is 0 Å². The van der Waals surface area contributed by atoms with Crippen LogP contribution in [-0.4, -0.2) is 56.1 Å². The first-order valence-electron chi connectivity index (χ1n) is 9.10. The summed E-state index contributed by atoms with van der Waals surface area (Å²) in [5.41, 5.74) is 3.33. The molecule has 136 valence electrons. The molecule has 0 aromatic heterocycles. The first-order chi connectivity index (χ1) is 12.2. The zero-order valence-corrected chi connectivity index (χ0v) is 14.8. The number of aryl methyl sites for hydroxylation is 2. The molecule has 1 fully saturated rings. The van der Waals surface area contributed by atoms with Gasteiger partial charge in [0.05, 0.1) is 6.61 Å². The lowest BCUT2D eigenvalue weighted by molar-refractivity contribution is -0.136. The number of carbonyl (C=O) groups excluding carboxylic acids is 2. The van der Waals surface area contributed by atoms with Crippen LogP contribution < -0.4 is 10.6 Å². The number of rotatable bonds is 5. The number of carbonyl (C=O) groups is 2. The van der Waals surface area contributed by atoms with Gasteiger partial charge in [0, 0.05) is 31.9 Å². The Morgan fingerprint density at radius 3 is 2.88 bits per heavy atom. The van der Waals surface area contributed by atoms with Crippen molar-refractivity contribution in [1.82, 2.24) is 10.2 Å². The molecule has 1 saturated heterocycles. The Morgan fingerprint density at radius 1 is 1.20 bits per heavy atom. The predicted molar refractivity (Wildman–Crippen MR) is 96.6 cm³/mol. The van der Waals surface area contributed by atoms with Crippen molar-refractivity contribution < 1.29 is 14.3 Å². The molecule has 0 radical (unpaired) electrons. The van der Waals surface area contributed by atoms with E-state index in [1.807, 2.05) is 18.2 Å². The minimum Gasteiger partial charge on any atom is -0.383 e. The minimum atomic E-state index is -0.591. The number of ether oxygens (including phenoxy) is 1. The minimum absolute atomic E-state index is 0.0175. The van der Waals surface area contributed by atoms with Gasteiger partial charge in [-0.05, 0) is 61.9 Å². The van der Waals surface area contributed by atoms with E-state index in [9.17, 15) is 9.59 Å². The first-order valence-corrected chi connectivity index (χ1v) is 9.10. The number of hydrogen-bond donors (Lipinski definition) is 2. The number of anilines is 1. The van der Waals surface area contributed by atoms with E-state index < -0.39 is 11.8 Å². The van der Waals surface area contributed by atoms with Gasteiger partial charge >= 0.3 is 11.8 Å². The topological polar surface area (TPSA) is 70.7 Å². The second kappa shape index (κ2) is 8.45. The number of nitrogens with one attached hydrogen (secondary N) is 2. The van der Waals surface area contributed by atoms with Gasteiger partial charge in [-0.25, -0.2) is 0 Å². The number of nitrogens with zero attached hydrogens (tertiary/aromatic N) is 1. The zero-order valence-electron chi connectivity index (χ0n) is 14.8. The number of methoxy groups -OCH3 is 1. The molecule has 1 atom stereocenters. The molecular weight excluding hydrogens is 318 g/mol. The van der Waals surface area contributed by atoms with Gasteiger partial charge in [0.15, 0.2) is 0 Å².